The fraction of sp³-hybridized carbons (Fsp3) is 0.233. The first-order valence-corrected chi connectivity index (χ1v) is 12.8. The summed E-state index contributed by atoms with van der Waals surface area (Å²) in [6.45, 7) is 0. The molecule has 0 aliphatic carbocycles. The van der Waals surface area contributed by atoms with Crippen LogP contribution < -0.4 is 14.4 Å². The number of anilines is 1. The molecule has 0 N–H and O–H groups in total. The summed E-state index contributed by atoms with van der Waals surface area (Å²) in [4.78, 5) is 30.0. The monoisotopic (exact) mass is 572 g/mol. The summed E-state index contributed by atoms with van der Waals surface area (Å²) < 4.78 is 16.6. The van der Waals surface area contributed by atoms with E-state index in [9.17, 15) is 14.9 Å². The fourth-order valence-electron chi connectivity index (χ4n) is 5.71. The number of ether oxygens (including phenoxy) is 3. The van der Waals surface area contributed by atoms with Crippen LogP contribution in [-0.2, 0) is 9.53 Å². The van der Waals surface area contributed by atoms with Crippen molar-refractivity contribution in [2.24, 2.45) is 5.41 Å². The number of carbonyl (C=O) groups excluding carboxylic acids is 2. The quantitative estimate of drug-likeness (QED) is 0.288. The Morgan fingerprint density at radius 2 is 1.74 bits per heavy atom. The molecule has 1 saturated heterocycles. The molecule has 2 heterocycles. The predicted octanol–water partition coefficient (Wildman–Crippen LogP) is 5.40. The number of nitriles is 1. The molecular weight excluding hydrogens is 548 g/mol. The Morgan fingerprint density at radius 3 is 2.37 bits per heavy atom. The van der Waals surface area contributed by atoms with E-state index in [-0.39, 0.29) is 5.78 Å². The van der Waals surface area contributed by atoms with Crippen molar-refractivity contribution in [3.8, 4) is 17.6 Å². The number of methoxy groups -OCH3 is 3. The standard InChI is InChI=1S/C30H25BrN2O5/c1-36-21-12-8-19(9-13-21)26-27(28(34)20-10-14-24(37-2)22(31)16-20)33-23-7-5-4-6-18(23)11-15-25(33)30(26,17-32)29(35)38-3/h4-16,25-27H,1-3H3/t25-,26+,27+,30-/m1/s1. The molecule has 0 unspecified atom stereocenters. The van der Waals surface area contributed by atoms with Gasteiger partial charge in [-0.1, -0.05) is 42.5 Å². The third kappa shape index (κ3) is 3.77. The molecule has 192 valence electrons. The molecule has 0 aromatic heterocycles. The number of hydrogen-bond acceptors (Lipinski definition) is 7. The van der Waals surface area contributed by atoms with Crippen molar-refractivity contribution >= 4 is 39.4 Å². The zero-order chi connectivity index (χ0) is 27.0. The topological polar surface area (TPSA) is 88.9 Å². The van der Waals surface area contributed by atoms with Crippen LogP contribution in [0.4, 0.5) is 5.69 Å². The Balaban J connectivity index is 1.79. The second kappa shape index (κ2) is 9.99. The van der Waals surface area contributed by atoms with Gasteiger partial charge in [-0.05, 0) is 63.5 Å². The lowest BCUT2D eigenvalue weighted by Crippen LogP contribution is -2.46. The molecule has 0 radical (unpaired) electrons. The molecule has 0 bridgehead atoms. The fourth-order valence-corrected chi connectivity index (χ4v) is 6.25. The van der Waals surface area contributed by atoms with Gasteiger partial charge in [-0.3, -0.25) is 9.59 Å². The Morgan fingerprint density at radius 1 is 1.00 bits per heavy atom. The van der Waals surface area contributed by atoms with E-state index in [0.717, 1.165) is 11.3 Å². The first-order valence-electron chi connectivity index (χ1n) is 12.0. The maximum absolute atomic E-state index is 14.5. The summed E-state index contributed by atoms with van der Waals surface area (Å²) >= 11 is 3.48. The highest BCUT2D eigenvalue weighted by molar-refractivity contribution is 9.10. The molecule has 7 nitrogen and oxygen atoms in total. The molecular formula is C30H25BrN2O5. The van der Waals surface area contributed by atoms with Crippen molar-refractivity contribution < 1.29 is 23.8 Å². The van der Waals surface area contributed by atoms with E-state index >= 15 is 0 Å². The summed E-state index contributed by atoms with van der Waals surface area (Å²) in [7, 11) is 4.39. The van der Waals surface area contributed by atoms with E-state index in [2.05, 4.69) is 22.0 Å². The minimum absolute atomic E-state index is 0.231. The number of para-hydroxylation sites is 1. The van der Waals surface area contributed by atoms with Crippen LogP contribution in [0.5, 0.6) is 11.5 Å². The highest BCUT2D eigenvalue weighted by Crippen LogP contribution is 2.56. The number of benzene rings is 3. The maximum Gasteiger partial charge on any atom is 0.329 e. The van der Waals surface area contributed by atoms with Crippen molar-refractivity contribution in [2.45, 2.75) is 18.0 Å². The Kier molecular flexibility index (Phi) is 6.72. The van der Waals surface area contributed by atoms with E-state index in [1.807, 2.05) is 41.3 Å². The SMILES string of the molecule is COC(=O)[C@@]1(C#N)[C@@H](c2ccc(OC)cc2)[C@@H](C(=O)c2ccc(OC)c(Br)c2)N2c3ccccc3C=C[C@@H]21. The number of fused-ring (bicyclic) bond motifs is 3. The molecule has 0 spiro atoms. The Bertz CT molecular complexity index is 1480. The van der Waals surface area contributed by atoms with E-state index in [0.29, 0.717) is 27.1 Å². The van der Waals surface area contributed by atoms with Crippen LogP contribution >= 0.6 is 15.9 Å². The van der Waals surface area contributed by atoms with Crippen molar-refractivity contribution in [1.29, 1.82) is 5.26 Å². The molecule has 4 atom stereocenters. The van der Waals surface area contributed by atoms with Crippen LogP contribution in [0.1, 0.15) is 27.4 Å². The van der Waals surface area contributed by atoms with Gasteiger partial charge in [0.2, 0.25) is 0 Å². The van der Waals surface area contributed by atoms with Crippen molar-refractivity contribution in [3.05, 3.63) is 94.0 Å². The van der Waals surface area contributed by atoms with Crippen LogP contribution in [0.3, 0.4) is 0 Å². The van der Waals surface area contributed by atoms with Gasteiger partial charge in [-0.15, -0.1) is 0 Å². The smallest absolute Gasteiger partial charge is 0.329 e. The number of carbonyl (C=O) groups is 2. The second-order valence-electron chi connectivity index (χ2n) is 9.15. The van der Waals surface area contributed by atoms with Gasteiger partial charge in [-0.2, -0.15) is 5.26 Å². The number of esters is 1. The van der Waals surface area contributed by atoms with Gasteiger partial charge in [0.05, 0.1) is 37.9 Å². The van der Waals surface area contributed by atoms with Crippen LogP contribution in [-0.4, -0.2) is 45.2 Å². The van der Waals surface area contributed by atoms with Gasteiger partial charge >= 0.3 is 5.97 Å². The first-order chi connectivity index (χ1) is 18.4. The first kappa shape index (κ1) is 25.6. The number of hydrogen-bond donors (Lipinski definition) is 0. The van der Waals surface area contributed by atoms with Crippen LogP contribution in [0.25, 0.3) is 6.08 Å². The molecule has 1 fully saturated rings. The van der Waals surface area contributed by atoms with Crippen molar-refractivity contribution in [2.75, 3.05) is 26.2 Å². The number of nitrogens with zero attached hydrogens (tertiary/aromatic N) is 2. The van der Waals surface area contributed by atoms with Crippen LogP contribution in [0.15, 0.2) is 77.3 Å². The van der Waals surface area contributed by atoms with Crippen LogP contribution in [0, 0.1) is 16.7 Å². The van der Waals surface area contributed by atoms with Gasteiger partial charge in [-0.25, -0.2) is 0 Å². The van der Waals surface area contributed by atoms with E-state index < -0.39 is 29.4 Å². The largest absolute Gasteiger partial charge is 0.497 e. The van der Waals surface area contributed by atoms with Crippen LogP contribution in [0.2, 0.25) is 0 Å². The lowest BCUT2D eigenvalue weighted by Gasteiger charge is -2.36. The summed E-state index contributed by atoms with van der Waals surface area (Å²) in [5.41, 5.74) is 1.04. The summed E-state index contributed by atoms with van der Waals surface area (Å²) in [5.74, 6) is -0.557. The van der Waals surface area contributed by atoms with Gasteiger partial charge in [0, 0.05) is 17.2 Å². The molecule has 38 heavy (non-hydrogen) atoms. The highest BCUT2D eigenvalue weighted by Gasteiger charge is 2.67. The summed E-state index contributed by atoms with van der Waals surface area (Å²) in [5, 5.41) is 10.7. The lowest BCUT2D eigenvalue weighted by molar-refractivity contribution is -0.150. The molecule has 5 rings (SSSR count). The second-order valence-corrected chi connectivity index (χ2v) is 10.0. The molecule has 3 aromatic rings. The average Bonchev–Trinajstić information content (AvgIpc) is 3.28. The van der Waals surface area contributed by atoms with E-state index in [4.69, 9.17) is 14.2 Å². The summed E-state index contributed by atoms with van der Waals surface area (Å²) in [6.07, 6.45) is 3.73. The van der Waals surface area contributed by atoms with Crippen molar-refractivity contribution in [1.82, 2.24) is 0 Å². The highest BCUT2D eigenvalue weighted by atomic mass is 79.9. The predicted molar refractivity (Wildman–Crippen MR) is 146 cm³/mol. The Labute approximate surface area is 229 Å². The average molecular weight is 573 g/mol. The van der Waals surface area contributed by atoms with Gasteiger partial charge in [0.1, 0.15) is 17.5 Å². The normalized spacial score (nSPS) is 23.1. The third-order valence-electron chi connectivity index (χ3n) is 7.43. The zero-order valence-electron chi connectivity index (χ0n) is 21.1. The molecule has 0 amide bonds. The molecule has 2 aliphatic heterocycles. The minimum Gasteiger partial charge on any atom is -0.497 e. The lowest BCUT2D eigenvalue weighted by atomic mass is 9.68. The third-order valence-corrected chi connectivity index (χ3v) is 8.05. The molecule has 8 heteroatoms. The zero-order valence-corrected chi connectivity index (χ0v) is 22.6. The minimum atomic E-state index is -1.70. The van der Waals surface area contributed by atoms with Gasteiger partial charge in [0.25, 0.3) is 0 Å². The number of halogens is 1. The van der Waals surface area contributed by atoms with Gasteiger partial charge in [0.15, 0.2) is 11.2 Å². The van der Waals surface area contributed by atoms with Crippen molar-refractivity contribution in [3.63, 3.8) is 0 Å². The Hall–Kier alpha value is -4.09. The van der Waals surface area contributed by atoms with Gasteiger partial charge < -0.3 is 19.1 Å². The number of rotatable bonds is 6. The maximum atomic E-state index is 14.5. The summed E-state index contributed by atoms with van der Waals surface area (Å²) in [6, 6.07) is 20.6. The molecule has 3 aromatic carbocycles. The van der Waals surface area contributed by atoms with E-state index in [1.54, 1.807) is 56.7 Å². The van der Waals surface area contributed by atoms with E-state index in [1.165, 1.54) is 7.11 Å². The number of ketones is 1. The number of Topliss-reactive ketones (excluding diaryl/α,β-unsaturated/α-hetero) is 1. The molecule has 0 saturated carbocycles. The molecule has 2 aliphatic rings.